The van der Waals surface area contributed by atoms with Crippen LogP contribution in [-0.4, -0.2) is 74.0 Å². The molecule has 0 unspecified atom stereocenters. The molecule has 118 valence electrons. The first-order valence-corrected chi connectivity index (χ1v) is 8.14. The van der Waals surface area contributed by atoms with Gasteiger partial charge in [-0.05, 0) is 39.4 Å². The molecule has 20 heavy (non-hydrogen) atoms. The summed E-state index contributed by atoms with van der Waals surface area (Å²) in [7, 11) is 4.20. The Hall–Kier alpha value is -0.610. The lowest BCUT2D eigenvalue weighted by Gasteiger charge is -2.35. The van der Waals surface area contributed by atoms with Crippen molar-refractivity contribution < 1.29 is 4.79 Å². The van der Waals surface area contributed by atoms with Gasteiger partial charge in [0.05, 0.1) is 0 Å². The smallest absolute Gasteiger partial charge is 0.222 e. The maximum Gasteiger partial charge on any atom is 0.222 e. The molecule has 0 aromatic heterocycles. The van der Waals surface area contributed by atoms with Gasteiger partial charge in [0.1, 0.15) is 0 Å². The van der Waals surface area contributed by atoms with Crippen molar-refractivity contribution in [3.05, 3.63) is 0 Å². The zero-order valence-corrected chi connectivity index (χ0v) is 13.9. The molecule has 0 radical (unpaired) electrons. The van der Waals surface area contributed by atoms with E-state index in [4.69, 9.17) is 0 Å². The van der Waals surface area contributed by atoms with E-state index in [1.807, 2.05) is 0 Å². The lowest BCUT2D eigenvalue weighted by atomic mass is 10.1. The van der Waals surface area contributed by atoms with Crippen LogP contribution in [-0.2, 0) is 4.79 Å². The molecule has 0 aliphatic carbocycles. The van der Waals surface area contributed by atoms with Crippen LogP contribution >= 0.6 is 0 Å². The van der Waals surface area contributed by atoms with Crippen LogP contribution in [0.25, 0.3) is 0 Å². The van der Waals surface area contributed by atoms with Crippen molar-refractivity contribution in [2.45, 2.75) is 39.5 Å². The molecular weight excluding hydrogens is 250 g/mol. The second kappa shape index (κ2) is 9.35. The van der Waals surface area contributed by atoms with Crippen LogP contribution in [0.2, 0.25) is 0 Å². The highest BCUT2D eigenvalue weighted by molar-refractivity contribution is 5.76. The van der Waals surface area contributed by atoms with E-state index >= 15 is 0 Å². The quantitative estimate of drug-likeness (QED) is 0.637. The van der Waals surface area contributed by atoms with Crippen LogP contribution in [0.5, 0.6) is 0 Å². The summed E-state index contributed by atoms with van der Waals surface area (Å²) in [4.78, 5) is 18.9. The van der Waals surface area contributed by atoms with E-state index in [1.54, 1.807) is 0 Å². The van der Waals surface area contributed by atoms with Gasteiger partial charge < -0.3 is 9.80 Å². The summed E-state index contributed by atoms with van der Waals surface area (Å²) >= 11 is 0. The minimum absolute atomic E-state index is 0.360. The number of carbonyl (C=O) groups is 1. The standard InChI is InChI=1S/C16H33N3O/c1-15(2)14-18-10-12-19(13-11-18)16(20)8-6-5-7-9-17(3)4/h15H,5-14H2,1-4H3. The molecular formula is C16H33N3O. The molecule has 0 atom stereocenters. The van der Waals surface area contributed by atoms with Gasteiger partial charge >= 0.3 is 0 Å². The number of carbonyl (C=O) groups excluding carboxylic acids is 1. The number of rotatable bonds is 8. The monoisotopic (exact) mass is 283 g/mol. The highest BCUT2D eigenvalue weighted by atomic mass is 16.2. The third-order valence-corrected chi connectivity index (χ3v) is 3.84. The number of hydrogen-bond donors (Lipinski definition) is 0. The molecule has 4 nitrogen and oxygen atoms in total. The number of hydrogen-bond acceptors (Lipinski definition) is 3. The molecule has 0 spiro atoms. The Balaban J connectivity index is 2.10. The van der Waals surface area contributed by atoms with Crippen molar-refractivity contribution in [2.24, 2.45) is 5.92 Å². The predicted molar refractivity (Wildman–Crippen MR) is 84.9 cm³/mol. The van der Waals surface area contributed by atoms with Gasteiger partial charge in [-0.1, -0.05) is 20.3 Å². The fourth-order valence-electron chi connectivity index (χ4n) is 2.74. The number of amides is 1. The van der Waals surface area contributed by atoms with Gasteiger partial charge in [0.2, 0.25) is 5.91 Å². The first kappa shape index (κ1) is 17.4. The first-order valence-electron chi connectivity index (χ1n) is 8.14. The van der Waals surface area contributed by atoms with Crippen LogP contribution in [0.4, 0.5) is 0 Å². The Labute approximate surface area is 125 Å². The second-order valence-electron chi connectivity index (χ2n) is 6.69. The summed E-state index contributed by atoms with van der Waals surface area (Å²) in [6.07, 6.45) is 4.14. The normalized spacial score (nSPS) is 17.2. The summed E-state index contributed by atoms with van der Waals surface area (Å²) < 4.78 is 0. The molecule has 0 aromatic rings. The Bertz CT molecular complexity index is 271. The largest absolute Gasteiger partial charge is 0.340 e. The molecule has 4 heteroatoms. The summed E-state index contributed by atoms with van der Waals surface area (Å²) in [5.41, 5.74) is 0. The Kier molecular flexibility index (Phi) is 8.15. The van der Waals surface area contributed by atoms with Gasteiger partial charge in [0.25, 0.3) is 0 Å². The van der Waals surface area contributed by atoms with Crippen molar-refractivity contribution in [3.8, 4) is 0 Å². The van der Waals surface area contributed by atoms with Gasteiger partial charge in [-0.25, -0.2) is 0 Å². The second-order valence-corrected chi connectivity index (χ2v) is 6.69. The van der Waals surface area contributed by atoms with E-state index in [9.17, 15) is 4.79 Å². The van der Waals surface area contributed by atoms with Crippen LogP contribution in [0.1, 0.15) is 39.5 Å². The summed E-state index contributed by atoms with van der Waals surface area (Å²) in [5.74, 6) is 1.08. The Morgan fingerprint density at radius 2 is 1.70 bits per heavy atom. The zero-order valence-electron chi connectivity index (χ0n) is 13.9. The van der Waals surface area contributed by atoms with E-state index in [0.29, 0.717) is 11.8 Å². The third kappa shape index (κ3) is 7.25. The Morgan fingerprint density at radius 1 is 1.05 bits per heavy atom. The van der Waals surface area contributed by atoms with Crippen molar-refractivity contribution in [3.63, 3.8) is 0 Å². The third-order valence-electron chi connectivity index (χ3n) is 3.84. The van der Waals surface area contributed by atoms with Crippen molar-refractivity contribution in [2.75, 3.05) is 53.4 Å². The first-order chi connectivity index (χ1) is 9.49. The highest BCUT2D eigenvalue weighted by Crippen LogP contribution is 2.09. The summed E-state index contributed by atoms with van der Waals surface area (Å²) in [6, 6.07) is 0. The molecule has 1 fully saturated rings. The van der Waals surface area contributed by atoms with E-state index in [-0.39, 0.29) is 0 Å². The zero-order chi connectivity index (χ0) is 15.0. The summed E-state index contributed by atoms with van der Waals surface area (Å²) in [5, 5.41) is 0. The molecule has 0 aromatic carbocycles. The molecule has 0 saturated carbocycles. The van der Waals surface area contributed by atoms with Crippen LogP contribution in [0.3, 0.4) is 0 Å². The van der Waals surface area contributed by atoms with Gasteiger partial charge in [-0.2, -0.15) is 0 Å². The van der Waals surface area contributed by atoms with Crippen LogP contribution in [0.15, 0.2) is 0 Å². The molecule has 1 heterocycles. The fraction of sp³-hybridized carbons (Fsp3) is 0.938. The molecule has 1 aliphatic rings. The SMILES string of the molecule is CC(C)CN1CCN(C(=O)CCCCCN(C)C)CC1. The lowest BCUT2D eigenvalue weighted by molar-refractivity contribution is -0.133. The van der Waals surface area contributed by atoms with Crippen molar-refractivity contribution in [1.82, 2.24) is 14.7 Å². The molecule has 1 rings (SSSR count). The maximum absolute atomic E-state index is 12.1. The average Bonchev–Trinajstić information content (AvgIpc) is 2.38. The molecule has 1 amide bonds. The minimum atomic E-state index is 0.360. The van der Waals surface area contributed by atoms with Crippen LogP contribution in [0, 0.1) is 5.92 Å². The Morgan fingerprint density at radius 3 is 2.25 bits per heavy atom. The van der Waals surface area contributed by atoms with Gasteiger partial charge in [-0.3, -0.25) is 9.69 Å². The van der Waals surface area contributed by atoms with Gasteiger partial charge in [0, 0.05) is 39.1 Å². The highest BCUT2D eigenvalue weighted by Gasteiger charge is 2.20. The fourth-order valence-corrected chi connectivity index (χ4v) is 2.74. The number of piperazine rings is 1. The van der Waals surface area contributed by atoms with E-state index in [2.05, 4.69) is 42.6 Å². The number of nitrogens with zero attached hydrogens (tertiary/aromatic N) is 3. The lowest BCUT2D eigenvalue weighted by Crippen LogP contribution is -2.49. The molecule has 1 saturated heterocycles. The van der Waals surface area contributed by atoms with E-state index < -0.39 is 0 Å². The molecule has 0 N–H and O–H groups in total. The number of unbranched alkanes of at least 4 members (excludes halogenated alkanes) is 2. The average molecular weight is 283 g/mol. The van der Waals surface area contributed by atoms with Crippen molar-refractivity contribution in [1.29, 1.82) is 0 Å². The maximum atomic E-state index is 12.1. The van der Waals surface area contributed by atoms with Crippen molar-refractivity contribution >= 4 is 5.91 Å². The summed E-state index contributed by atoms with van der Waals surface area (Å²) in [6.45, 7) is 10.7. The molecule has 0 bridgehead atoms. The van der Waals surface area contributed by atoms with Gasteiger partial charge in [0.15, 0.2) is 0 Å². The van der Waals surface area contributed by atoms with E-state index in [0.717, 1.165) is 58.5 Å². The topological polar surface area (TPSA) is 26.8 Å². The predicted octanol–water partition coefficient (Wildman–Crippen LogP) is 1.91. The van der Waals surface area contributed by atoms with E-state index in [1.165, 1.54) is 6.42 Å². The van der Waals surface area contributed by atoms with Gasteiger partial charge in [-0.15, -0.1) is 0 Å². The van der Waals surface area contributed by atoms with Crippen LogP contribution < -0.4 is 0 Å². The minimum Gasteiger partial charge on any atom is -0.340 e. The molecule has 1 aliphatic heterocycles.